The zero-order valence-electron chi connectivity index (χ0n) is 15.1. The van der Waals surface area contributed by atoms with E-state index in [0.717, 1.165) is 22.0 Å². The molecule has 0 saturated carbocycles. The molecular formula is C21H22N2O3. The van der Waals surface area contributed by atoms with Crippen molar-refractivity contribution in [1.82, 2.24) is 5.32 Å². The molecule has 3 rings (SSSR count). The number of fused-ring (bicyclic) bond motifs is 1. The summed E-state index contributed by atoms with van der Waals surface area (Å²) in [6, 6.07) is 18.8. The Kier molecular flexibility index (Phi) is 5.27. The smallest absolute Gasteiger partial charge is 0.319 e. The van der Waals surface area contributed by atoms with Gasteiger partial charge in [0.15, 0.2) is 0 Å². The zero-order chi connectivity index (χ0) is 18.5. The van der Waals surface area contributed by atoms with Gasteiger partial charge in [-0.3, -0.25) is 0 Å². The monoisotopic (exact) mass is 350 g/mol. The molecule has 3 aromatic rings. The van der Waals surface area contributed by atoms with E-state index in [1.165, 1.54) is 0 Å². The van der Waals surface area contributed by atoms with Gasteiger partial charge in [0, 0.05) is 11.3 Å². The van der Waals surface area contributed by atoms with Crippen molar-refractivity contribution in [2.75, 3.05) is 19.5 Å². The van der Waals surface area contributed by atoms with Gasteiger partial charge in [0.05, 0.1) is 20.3 Å². The highest BCUT2D eigenvalue weighted by Gasteiger charge is 2.15. The maximum absolute atomic E-state index is 12.4. The zero-order valence-corrected chi connectivity index (χ0v) is 15.1. The minimum absolute atomic E-state index is 0.250. The van der Waals surface area contributed by atoms with Crippen LogP contribution in [0.15, 0.2) is 60.7 Å². The number of hydrogen-bond donors (Lipinski definition) is 2. The van der Waals surface area contributed by atoms with E-state index in [9.17, 15) is 4.79 Å². The van der Waals surface area contributed by atoms with Gasteiger partial charge in [0.2, 0.25) is 0 Å². The molecule has 3 aromatic carbocycles. The Labute approximate surface area is 152 Å². The van der Waals surface area contributed by atoms with Crippen LogP contribution in [0.5, 0.6) is 11.5 Å². The summed E-state index contributed by atoms with van der Waals surface area (Å²) in [5.41, 5.74) is 1.59. The van der Waals surface area contributed by atoms with E-state index in [0.29, 0.717) is 11.5 Å². The fraction of sp³-hybridized carbons (Fsp3) is 0.190. The summed E-state index contributed by atoms with van der Waals surface area (Å²) in [6.45, 7) is 1.90. The van der Waals surface area contributed by atoms with Crippen molar-refractivity contribution in [2.24, 2.45) is 0 Å². The van der Waals surface area contributed by atoms with E-state index in [4.69, 9.17) is 9.47 Å². The molecule has 134 valence electrons. The van der Waals surface area contributed by atoms with Gasteiger partial charge in [0.1, 0.15) is 11.5 Å². The third kappa shape index (κ3) is 3.88. The first-order valence-corrected chi connectivity index (χ1v) is 8.39. The second-order valence-corrected chi connectivity index (χ2v) is 5.99. The Morgan fingerprint density at radius 1 is 0.923 bits per heavy atom. The Morgan fingerprint density at radius 3 is 2.42 bits per heavy atom. The molecule has 0 radical (unpaired) electrons. The summed E-state index contributed by atoms with van der Waals surface area (Å²) in [7, 11) is 3.21. The molecule has 26 heavy (non-hydrogen) atoms. The molecule has 5 heteroatoms. The van der Waals surface area contributed by atoms with Crippen molar-refractivity contribution in [1.29, 1.82) is 0 Å². The average Bonchev–Trinajstić information content (AvgIpc) is 2.67. The number of ether oxygens (including phenoxy) is 2. The van der Waals surface area contributed by atoms with Crippen LogP contribution >= 0.6 is 0 Å². The predicted octanol–water partition coefficient (Wildman–Crippen LogP) is 4.74. The Hall–Kier alpha value is -3.21. The molecule has 0 aliphatic rings. The van der Waals surface area contributed by atoms with Crippen LogP contribution in [0.2, 0.25) is 0 Å². The predicted molar refractivity (Wildman–Crippen MR) is 104 cm³/mol. The van der Waals surface area contributed by atoms with E-state index >= 15 is 0 Å². The average molecular weight is 350 g/mol. The SMILES string of the molecule is COc1ccc(OC)c(C(C)NC(=O)Nc2ccc3ccccc3c2)c1. The quantitative estimate of drug-likeness (QED) is 0.699. The van der Waals surface area contributed by atoms with Crippen molar-refractivity contribution >= 4 is 22.5 Å². The number of hydrogen-bond acceptors (Lipinski definition) is 3. The van der Waals surface area contributed by atoms with Crippen molar-refractivity contribution < 1.29 is 14.3 Å². The number of carbonyl (C=O) groups excluding carboxylic acids is 1. The molecule has 0 aliphatic carbocycles. The molecular weight excluding hydrogens is 328 g/mol. The van der Waals surface area contributed by atoms with Crippen LogP contribution in [-0.2, 0) is 0 Å². The number of benzene rings is 3. The maximum atomic E-state index is 12.4. The second-order valence-electron chi connectivity index (χ2n) is 5.99. The molecule has 0 spiro atoms. The van der Waals surface area contributed by atoms with Gasteiger partial charge in [-0.05, 0) is 48.0 Å². The molecule has 0 heterocycles. The number of methoxy groups -OCH3 is 2. The molecule has 0 saturated heterocycles. The summed E-state index contributed by atoms with van der Waals surface area (Å²) in [4.78, 5) is 12.4. The van der Waals surface area contributed by atoms with Crippen molar-refractivity contribution in [3.05, 3.63) is 66.2 Å². The molecule has 0 bridgehead atoms. The largest absolute Gasteiger partial charge is 0.497 e. The minimum atomic E-state index is -0.280. The first-order chi connectivity index (χ1) is 12.6. The first-order valence-electron chi connectivity index (χ1n) is 8.39. The standard InChI is InChI=1S/C21H22N2O3/c1-14(19-13-18(25-2)10-11-20(19)26-3)22-21(24)23-17-9-8-15-6-4-5-7-16(15)12-17/h4-14H,1-3H3,(H2,22,23,24). The molecule has 0 fully saturated rings. The van der Waals surface area contributed by atoms with Gasteiger partial charge in [-0.1, -0.05) is 30.3 Å². The summed E-state index contributed by atoms with van der Waals surface area (Å²) in [5.74, 6) is 1.41. The Balaban J connectivity index is 1.72. The third-order valence-electron chi connectivity index (χ3n) is 4.26. The van der Waals surface area contributed by atoms with Gasteiger partial charge >= 0.3 is 6.03 Å². The van der Waals surface area contributed by atoms with E-state index in [-0.39, 0.29) is 12.1 Å². The number of amides is 2. The number of anilines is 1. The highest BCUT2D eigenvalue weighted by molar-refractivity contribution is 5.93. The van der Waals surface area contributed by atoms with Gasteiger partial charge < -0.3 is 20.1 Å². The van der Waals surface area contributed by atoms with Crippen molar-refractivity contribution in [3.63, 3.8) is 0 Å². The number of urea groups is 1. The highest BCUT2D eigenvalue weighted by atomic mass is 16.5. The van der Waals surface area contributed by atoms with Gasteiger partial charge in [-0.25, -0.2) is 4.79 Å². The normalized spacial score (nSPS) is 11.7. The summed E-state index contributed by atoms with van der Waals surface area (Å²) < 4.78 is 10.6. The Morgan fingerprint density at radius 2 is 1.69 bits per heavy atom. The van der Waals surface area contributed by atoms with Gasteiger partial charge in [0.25, 0.3) is 0 Å². The van der Waals surface area contributed by atoms with E-state index in [2.05, 4.69) is 10.6 Å². The maximum Gasteiger partial charge on any atom is 0.319 e. The summed E-state index contributed by atoms with van der Waals surface area (Å²) in [6.07, 6.45) is 0. The van der Waals surface area contributed by atoms with Crippen LogP contribution in [-0.4, -0.2) is 20.3 Å². The number of rotatable bonds is 5. The molecule has 2 amide bonds. The fourth-order valence-corrected chi connectivity index (χ4v) is 2.89. The van der Waals surface area contributed by atoms with Crippen LogP contribution in [0.3, 0.4) is 0 Å². The van der Waals surface area contributed by atoms with E-state index < -0.39 is 0 Å². The van der Waals surface area contributed by atoms with Crippen LogP contribution in [0.1, 0.15) is 18.5 Å². The lowest BCUT2D eigenvalue weighted by Crippen LogP contribution is -2.31. The van der Waals surface area contributed by atoms with Crippen LogP contribution in [0.4, 0.5) is 10.5 Å². The number of carbonyl (C=O) groups is 1. The molecule has 0 aromatic heterocycles. The molecule has 5 nitrogen and oxygen atoms in total. The highest BCUT2D eigenvalue weighted by Crippen LogP contribution is 2.29. The summed E-state index contributed by atoms with van der Waals surface area (Å²) >= 11 is 0. The number of nitrogens with one attached hydrogen (secondary N) is 2. The second kappa shape index (κ2) is 7.78. The van der Waals surface area contributed by atoms with Crippen molar-refractivity contribution in [3.8, 4) is 11.5 Å². The van der Waals surface area contributed by atoms with Crippen LogP contribution in [0.25, 0.3) is 10.8 Å². The van der Waals surface area contributed by atoms with E-state index in [1.807, 2.05) is 67.6 Å². The van der Waals surface area contributed by atoms with E-state index in [1.54, 1.807) is 14.2 Å². The van der Waals surface area contributed by atoms with Gasteiger partial charge in [-0.15, -0.1) is 0 Å². The molecule has 2 N–H and O–H groups in total. The summed E-state index contributed by atoms with van der Waals surface area (Å²) in [5, 5.41) is 8.02. The Bertz CT molecular complexity index is 924. The lowest BCUT2D eigenvalue weighted by Gasteiger charge is -2.18. The van der Waals surface area contributed by atoms with Crippen LogP contribution in [0, 0.1) is 0 Å². The topological polar surface area (TPSA) is 59.6 Å². The lowest BCUT2D eigenvalue weighted by atomic mass is 10.1. The van der Waals surface area contributed by atoms with Crippen molar-refractivity contribution in [2.45, 2.75) is 13.0 Å². The molecule has 1 atom stereocenters. The fourth-order valence-electron chi connectivity index (χ4n) is 2.89. The van der Waals surface area contributed by atoms with Crippen LogP contribution < -0.4 is 20.1 Å². The third-order valence-corrected chi connectivity index (χ3v) is 4.26. The minimum Gasteiger partial charge on any atom is -0.497 e. The molecule has 1 unspecified atom stereocenters. The lowest BCUT2D eigenvalue weighted by molar-refractivity contribution is 0.249. The molecule has 0 aliphatic heterocycles. The first kappa shape index (κ1) is 17.6. The van der Waals surface area contributed by atoms with Gasteiger partial charge in [-0.2, -0.15) is 0 Å².